The first-order valence-corrected chi connectivity index (χ1v) is 12.4. The van der Waals surface area contributed by atoms with Gasteiger partial charge in [-0.1, -0.05) is 17.8 Å². The number of aliphatic imine (C=N–C) groups is 1. The van der Waals surface area contributed by atoms with Crippen LogP contribution >= 0.6 is 23.1 Å². The molecule has 2 fully saturated rings. The second-order valence-electron chi connectivity index (χ2n) is 9.15. The van der Waals surface area contributed by atoms with E-state index in [1.807, 2.05) is 30.1 Å². The minimum absolute atomic E-state index is 0.0782. The molecular formula is C23H25FN4OS2. The molecule has 8 heteroatoms. The van der Waals surface area contributed by atoms with Crippen molar-refractivity contribution < 1.29 is 9.13 Å². The number of benzene rings is 1. The van der Waals surface area contributed by atoms with Crippen LogP contribution in [0.1, 0.15) is 19.8 Å². The minimum Gasteiger partial charge on any atom is -0.379 e. The van der Waals surface area contributed by atoms with Crippen molar-refractivity contribution in [3.8, 4) is 0 Å². The molecule has 6 rings (SSSR count). The summed E-state index contributed by atoms with van der Waals surface area (Å²) in [5.74, 6) is 0.214. The topological polar surface area (TPSA) is 49.8 Å². The van der Waals surface area contributed by atoms with Crippen molar-refractivity contribution in [3.63, 3.8) is 0 Å². The lowest BCUT2D eigenvalue weighted by atomic mass is 9.78. The number of nitrogens with one attached hydrogen (secondary N) is 1. The van der Waals surface area contributed by atoms with Crippen molar-refractivity contribution in [3.05, 3.63) is 46.7 Å². The van der Waals surface area contributed by atoms with Crippen LogP contribution in [0.25, 0.3) is 10.2 Å². The summed E-state index contributed by atoms with van der Waals surface area (Å²) in [5, 5.41) is 4.54. The molecule has 2 unspecified atom stereocenters. The van der Waals surface area contributed by atoms with Crippen LogP contribution in [0.4, 0.5) is 10.1 Å². The van der Waals surface area contributed by atoms with Crippen LogP contribution in [-0.2, 0) is 4.74 Å². The van der Waals surface area contributed by atoms with Crippen molar-refractivity contribution in [1.82, 2.24) is 9.88 Å². The number of ether oxygens (including phenoxy) is 1. The van der Waals surface area contributed by atoms with E-state index in [1.54, 1.807) is 11.6 Å². The maximum atomic E-state index is 14.8. The number of likely N-dealkylation sites (tertiary alicyclic amines) is 1. The normalized spacial score (nSPS) is 35.1. The molecule has 5 heterocycles. The number of anilines is 1. The zero-order valence-corrected chi connectivity index (χ0v) is 19.2. The van der Waals surface area contributed by atoms with Crippen molar-refractivity contribution in [1.29, 1.82) is 0 Å². The summed E-state index contributed by atoms with van der Waals surface area (Å²) in [4.78, 5) is 13.0. The summed E-state index contributed by atoms with van der Waals surface area (Å²) in [6.45, 7) is 4.94. The Balaban J connectivity index is 1.33. The van der Waals surface area contributed by atoms with E-state index in [1.165, 1.54) is 16.2 Å². The highest BCUT2D eigenvalue weighted by atomic mass is 32.2. The molecule has 2 aromatic rings. The van der Waals surface area contributed by atoms with Gasteiger partial charge >= 0.3 is 0 Å². The number of hydrogen-bond donors (Lipinski definition) is 1. The number of halogens is 1. The van der Waals surface area contributed by atoms with E-state index in [0.717, 1.165) is 47.9 Å². The fraction of sp³-hybridized carbons (Fsp3) is 0.478. The molecule has 1 N–H and O–H groups in total. The van der Waals surface area contributed by atoms with Gasteiger partial charge in [-0.3, -0.25) is 9.89 Å². The number of hydrogen-bond acceptors (Lipinski definition) is 7. The molecule has 4 aliphatic rings. The molecule has 5 nitrogen and oxygen atoms in total. The Morgan fingerprint density at radius 3 is 3.10 bits per heavy atom. The Labute approximate surface area is 189 Å². The number of thioether (sulfide) groups is 1. The van der Waals surface area contributed by atoms with Gasteiger partial charge in [0.2, 0.25) is 0 Å². The molecule has 1 aromatic carbocycles. The summed E-state index contributed by atoms with van der Waals surface area (Å²) in [7, 11) is 2.23. The van der Waals surface area contributed by atoms with Crippen LogP contribution in [0.15, 0.2) is 45.9 Å². The van der Waals surface area contributed by atoms with Crippen LogP contribution < -0.4 is 5.32 Å². The quantitative estimate of drug-likeness (QED) is 0.713. The zero-order valence-electron chi connectivity index (χ0n) is 17.6. The highest BCUT2D eigenvalue weighted by Crippen LogP contribution is 2.54. The van der Waals surface area contributed by atoms with Crippen LogP contribution in [0.3, 0.4) is 0 Å². The summed E-state index contributed by atoms with van der Waals surface area (Å²) < 4.78 is 21.5. The minimum atomic E-state index is -0.306. The zero-order chi connectivity index (χ0) is 21.2. The highest BCUT2D eigenvalue weighted by molar-refractivity contribution is 8.17. The van der Waals surface area contributed by atoms with Crippen LogP contribution in [0.5, 0.6) is 0 Å². The average molecular weight is 457 g/mol. The Hall–Kier alpha value is -1.74. The monoisotopic (exact) mass is 456 g/mol. The van der Waals surface area contributed by atoms with Crippen LogP contribution in [0.2, 0.25) is 0 Å². The third-order valence-electron chi connectivity index (χ3n) is 7.50. The first kappa shape index (κ1) is 19.9. The van der Waals surface area contributed by atoms with Gasteiger partial charge in [0.1, 0.15) is 5.82 Å². The van der Waals surface area contributed by atoms with Crippen LogP contribution in [-0.4, -0.2) is 53.3 Å². The fourth-order valence-corrected chi connectivity index (χ4v) is 7.76. The van der Waals surface area contributed by atoms with Gasteiger partial charge in [-0.25, -0.2) is 9.37 Å². The van der Waals surface area contributed by atoms with Gasteiger partial charge in [0.15, 0.2) is 0 Å². The highest BCUT2D eigenvalue weighted by Gasteiger charge is 2.54. The first-order chi connectivity index (χ1) is 15.0. The number of aromatic nitrogens is 1. The van der Waals surface area contributed by atoms with E-state index in [2.05, 4.69) is 35.2 Å². The average Bonchev–Trinajstić information content (AvgIpc) is 3.51. The molecule has 1 spiro atoms. The third kappa shape index (κ3) is 2.95. The lowest BCUT2D eigenvalue weighted by Crippen LogP contribution is -2.46. The molecular weight excluding hydrogens is 431 g/mol. The standard InChI is InChI=1S/C23H25FN4OS2/c1-22-11-19(14-4-7-28(2)23(14)5-8-29-12-23)31-21(22)25-6-3-20(22)27-16-10-17-18(9-15(16)24)30-13-26-17/h3,6,9-11,13-14,20,27H,4-5,7-8,12H2,1-2H3/t14-,20?,22?,23-/m0/s1. The maximum absolute atomic E-state index is 14.8. The lowest BCUT2D eigenvalue weighted by molar-refractivity contribution is 0.103. The summed E-state index contributed by atoms with van der Waals surface area (Å²) in [6, 6.07) is 3.31. The fourth-order valence-electron chi connectivity index (χ4n) is 5.55. The molecule has 2 saturated heterocycles. The van der Waals surface area contributed by atoms with Gasteiger partial charge in [0.25, 0.3) is 0 Å². The van der Waals surface area contributed by atoms with E-state index < -0.39 is 0 Å². The smallest absolute Gasteiger partial charge is 0.147 e. The SMILES string of the molecule is CN1CC[C@@H](C2=CC3(C)C(=NC=CC3Nc3cc4ncsc4cc3F)S2)[C@@]12CCOC2. The van der Waals surface area contributed by atoms with Gasteiger partial charge in [0, 0.05) is 18.7 Å². The van der Waals surface area contributed by atoms with Crippen molar-refractivity contribution in [2.24, 2.45) is 16.3 Å². The summed E-state index contributed by atoms with van der Waals surface area (Å²) in [6.07, 6.45) is 8.51. The second-order valence-corrected chi connectivity index (χ2v) is 11.1. The number of thiazole rings is 1. The Bertz CT molecular complexity index is 1140. The van der Waals surface area contributed by atoms with E-state index in [-0.39, 0.29) is 22.8 Å². The molecule has 0 saturated carbocycles. The molecule has 0 amide bonds. The number of nitrogens with zero attached hydrogens (tertiary/aromatic N) is 3. The Morgan fingerprint density at radius 1 is 1.35 bits per heavy atom. The Morgan fingerprint density at radius 2 is 2.26 bits per heavy atom. The first-order valence-electron chi connectivity index (χ1n) is 10.7. The second kappa shape index (κ2) is 7.13. The largest absolute Gasteiger partial charge is 0.379 e. The van der Waals surface area contributed by atoms with Crippen molar-refractivity contribution >= 4 is 44.0 Å². The summed E-state index contributed by atoms with van der Waals surface area (Å²) >= 11 is 3.26. The van der Waals surface area contributed by atoms with Crippen molar-refractivity contribution in [2.45, 2.75) is 31.3 Å². The molecule has 0 aliphatic carbocycles. The lowest BCUT2D eigenvalue weighted by Gasteiger charge is -2.36. The molecule has 1 aromatic heterocycles. The van der Waals surface area contributed by atoms with Crippen LogP contribution in [0, 0.1) is 17.2 Å². The predicted octanol–water partition coefficient (Wildman–Crippen LogP) is 4.89. The maximum Gasteiger partial charge on any atom is 0.147 e. The number of likely N-dealkylation sites (N-methyl/N-ethyl adjacent to an activating group) is 1. The van der Waals surface area contributed by atoms with Gasteiger partial charge in [-0.15, -0.1) is 11.3 Å². The van der Waals surface area contributed by atoms with E-state index in [9.17, 15) is 4.39 Å². The predicted molar refractivity (Wildman–Crippen MR) is 126 cm³/mol. The molecule has 4 aliphatic heterocycles. The third-order valence-corrected chi connectivity index (χ3v) is 9.67. The number of fused-ring (bicyclic) bond motifs is 2. The molecule has 162 valence electrons. The van der Waals surface area contributed by atoms with E-state index >= 15 is 0 Å². The molecule has 4 atom stereocenters. The van der Waals surface area contributed by atoms with Crippen molar-refractivity contribution in [2.75, 3.05) is 32.1 Å². The summed E-state index contributed by atoms with van der Waals surface area (Å²) in [5.41, 5.74) is 2.86. The van der Waals surface area contributed by atoms with Gasteiger partial charge in [-0.2, -0.15) is 0 Å². The van der Waals surface area contributed by atoms with Gasteiger partial charge in [0.05, 0.1) is 50.1 Å². The van der Waals surface area contributed by atoms with E-state index in [4.69, 9.17) is 9.73 Å². The molecule has 31 heavy (non-hydrogen) atoms. The number of rotatable bonds is 3. The molecule has 0 bridgehead atoms. The van der Waals surface area contributed by atoms with Gasteiger partial charge in [-0.05, 0) is 56.5 Å². The molecule has 0 radical (unpaired) electrons. The Kier molecular flexibility index (Phi) is 4.58. The van der Waals surface area contributed by atoms with E-state index in [0.29, 0.717) is 11.6 Å². The van der Waals surface area contributed by atoms with Gasteiger partial charge < -0.3 is 10.1 Å².